The molecule has 9 aliphatic rings. The van der Waals surface area contributed by atoms with Gasteiger partial charge in [-0.25, -0.2) is 0 Å². The minimum absolute atomic E-state index is 0.916. The topological polar surface area (TPSA) is 13.0 Å². The number of fused-ring (bicyclic) bond motifs is 2. The Morgan fingerprint density at radius 2 is 0.298 bits per heavy atom. The van der Waals surface area contributed by atoms with Crippen LogP contribution in [-0.2, 0) is 51.4 Å². The van der Waals surface area contributed by atoms with E-state index in [2.05, 4.69) is 335 Å². The SMILES string of the molecule is c1ccc(N2c3ccc(cc3)CCc3ccc(cc3)N(c3ccccc3)c3ccc(cc3)CCc3ccc(cc3)N(c3ccccc3)c3cccc(c3)CCc3cccc(c3)N(c3ccccc3)c3ccc(cc3)CCc3ccc2cc3)cc1. The molecular formula is C80H68N4. The molecule has 0 unspecified atom stereocenters. The van der Waals surface area contributed by atoms with Crippen LogP contribution in [0.2, 0.25) is 0 Å². The first-order valence-electron chi connectivity index (χ1n) is 29.7. The first-order chi connectivity index (χ1) is 41.6. The molecule has 0 N–H and O–H groups in total. The fraction of sp³-hybridized carbons (Fsp3) is 0.100. The van der Waals surface area contributed by atoms with Crippen LogP contribution in [0, 0.1) is 0 Å². The van der Waals surface area contributed by atoms with Crippen molar-refractivity contribution in [2.24, 2.45) is 0 Å². The largest absolute Gasteiger partial charge is 0.311 e. The molecule has 12 aromatic rings. The van der Waals surface area contributed by atoms with E-state index in [4.69, 9.17) is 0 Å². The highest BCUT2D eigenvalue weighted by atomic mass is 15.2. The summed E-state index contributed by atoms with van der Waals surface area (Å²) in [5.41, 5.74) is 24.2. The molecular weight excluding hydrogens is 1020 g/mol. The first-order valence-corrected chi connectivity index (χ1v) is 29.7. The summed E-state index contributed by atoms with van der Waals surface area (Å²) >= 11 is 0. The molecule has 0 radical (unpaired) electrons. The summed E-state index contributed by atoms with van der Waals surface area (Å²) in [7, 11) is 0. The number of anilines is 12. The standard InChI is InChI=1S/C80H68N4/c1-5-17-69(18-6-1)81-73-47-35-61(36-48-73)27-28-62-37-49-74(50-38-62)82(70-19-7-2-8-20-70)76-53-41-64(42-54-76)30-32-66-45-57-78(58-46-66)84(72-23-11-4-12-24-72)80-26-14-16-68(60-80)34-33-67-15-13-25-79(59-67)83(71-21-9-3-10-22-71)77-55-43-65(44-56-77)31-29-63-39-51-75(81)52-40-63/h1-26,35-60H,27-34H2. The number of hydrogen-bond donors (Lipinski definition) is 0. The van der Waals surface area contributed by atoms with Crippen molar-refractivity contribution in [3.05, 3.63) is 360 Å². The van der Waals surface area contributed by atoms with Crippen molar-refractivity contribution in [2.75, 3.05) is 19.6 Å². The third kappa shape index (κ3) is 12.5. The molecule has 0 aromatic heterocycles. The van der Waals surface area contributed by atoms with E-state index in [9.17, 15) is 0 Å². The lowest BCUT2D eigenvalue weighted by molar-refractivity contribution is 0.956. The normalized spacial score (nSPS) is 13.2. The predicted molar refractivity (Wildman–Crippen MR) is 354 cm³/mol. The Morgan fingerprint density at radius 1 is 0.131 bits per heavy atom. The average Bonchev–Trinajstić information content (AvgIpc) is 3.76. The average molecular weight is 1090 g/mol. The Balaban J connectivity index is 0.807. The molecule has 9 aliphatic heterocycles. The highest BCUT2D eigenvalue weighted by Crippen LogP contribution is 2.40. The zero-order valence-electron chi connectivity index (χ0n) is 47.5. The molecule has 12 aromatic carbocycles. The molecule has 0 saturated heterocycles. The van der Waals surface area contributed by atoms with Crippen LogP contribution in [0.4, 0.5) is 68.2 Å². The monoisotopic (exact) mass is 1080 g/mol. The highest BCUT2D eigenvalue weighted by Gasteiger charge is 2.18. The van der Waals surface area contributed by atoms with Crippen LogP contribution in [0.15, 0.2) is 315 Å². The second-order valence-electron chi connectivity index (χ2n) is 22.0. The van der Waals surface area contributed by atoms with Crippen molar-refractivity contribution in [2.45, 2.75) is 51.4 Å². The molecule has 408 valence electrons. The second-order valence-corrected chi connectivity index (χ2v) is 22.0. The maximum absolute atomic E-state index is 2.39. The molecule has 0 aliphatic carbocycles. The quantitative estimate of drug-likeness (QED) is 0.174. The van der Waals surface area contributed by atoms with Crippen LogP contribution < -0.4 is 19.6 Å². The summed E-state index contributed by atoms with van der Waals surface area (Å²) in [5.74, 6) is 0. The van der Waals surface area contributed by atoms with Gasteiger partial charge in [-0.05, 0) is 241 Å². The van der Waals surface area contributed by atoms with Crippen molar-refractivity contribution < 1.29 is 0 Å². The molecule has 21 rings (SSSR count). The third-order valence-corrected chi connectivity index (χ3v) is 16.4. The summed E-state index contributed by atoms with van der Waals surface area (Å²) in [6.07, 6.45) is 7.54. The van der Waals surface area contributed by atoms with Gasteiger partial charge >= 0.3 is 0 Å². The van der Waals surface area contributed by atoms with Crippen LogP contribution >= 0.6 is 0 Å². The van der Waals surface area contributed by atoms with Gasteiger partial charge in [0.1, 0.15) is 0 Å². The van der Waals surface area contributed by atoms with E-state index < -0.39 is 0 Å². The van der Waals surface area contributed by atoms with E-state index in [0.717, 1.165) is 120 Å². The molecule has 0 spiro atoms. The molecule has 4 heteroatoms. The Morgan fingerprint density at radius 3 is 0.512 bits per heavy atom. The Kier molecular flexibility index (Phi) is 16.0. The van der Waals surface area contributed by atoms with Crippen LogP contribution in [0.3, 0.4) is 0 Å². The molecule has 16 bridgehead atoms. The maximum Gasteiger partial charge on any atom is 0.0464 e. The van der Waals surface area contributed by atoms with Crippen LogP contribution in [0.5, 0.6) is 0 Å². The Hall–Kier alpha value is -10.2. The predicted octanol–water partition coefficient (Wildman–Crippen LogP) is 21.0. The smallest absolute Gasteiger partial charge is 0.0464 e. The molecule has 9 heterocycles. The van der Waals surface area contributed by atoms with Gasteiger partial charge in [0.25, 0.3) is 0 Å². The van der Waals surface area contributed by atoms with Crippen molar-refractivity contribution in [1.29, 1.82) is 0 Å². The van der Waals surface area contributed by atoms with Gasteiger partial charge in [0.2, 0.25) is 0 Å². The van der Waals surface area contributed by atoms with Gasteiger partial charge in [-0.15, -0.1) is 0 Å². The van der Waals surface area contributed by atoms with Crippen molar-refractivity contribution in [3.8, 4) is 0 Å². The number of aryl methyl sites for hydroxylation is 8. The molecule has 84 heavy (non-hydrogen) atoms. The summed E-state index contributed by atoms with van der Waals surface area (Å²) in [6.45, 7) is 0. The second kappa shape index (κ2) is 25.3. The van der Waals surface area contributed by atoms with E-state index >= 15 is 0 Å². The van der Waals surface area contributed by atoms with Crippen molar-refractivity contribution >= 4 is 68.2 Å². The lowest BCUT2D eigenvalue weighted by Gasteiger charge is -2.26. The van der Waals surface area contributed by atoms with Crippen molar-refractivity contribution in [1.82, 2.24) is 0 Å². The minimum Gasteiger partial charge on any atom is -0.311 e. The first kappa shape index (κ1) is 53.2. The molecule has 0 saturated carbocycles. The molecule has 0 atom stereocenters. The fourth-order valence-corrected chi connectivity index (χ4v) is 11.8. The molecule has 0 fully saturated rings. The number of hydrogen-bond acceptors (Lipinski definition) is 4. The lowest BCUT2D eigenvalue weighted by atomic mass is 10.0. The van der Waals surface area contributed by atoms with E-state index in [-0.39, 0.29) is 0 Å². The van der Waals surface area contributed by atoms with Gasteiger partial charge < -0.3 is 19.6 Å². The molecule has 4 nitrogen and oxygen atoms in total. The van der Waals surface area contributed by atoms with Gasteiger partial charge in [-0.2, -0.15) is 0 Å². The zero-order valence-corrected chi connectivity index (χ0v) is 47.5. The Bertz CT molecular complexity index is 3750. The van der Waals surface area contributed by atoms with Crippen LogP contribution in [0.1, 0.15) is 44.5 Å². The van der Waals surface area contributed by atoms with E-state index in [1.165, 1.54) is 44.5 Å². The van der Waals surface area contributed by atoms with Gasteiger partial charge in [0.05, 0.1) is 0 Å². The fourth-order valence-electron chi connectivity index (χ4n) is 11.8. The zero-order chi connectivity index (χ0) is 56.3. The highest BCUT2D eigenvalue weighted by molar-refractivity contribution is 5.80. The summed E-state index contributed by atoms with van der Waals surface area (Å²) in [5, 5.41) is 0. The minimum atomic E-state index is 0.916. The summed E-state index contributed by atoms with van der Waals surface area (Å²) in [6, 6.07) is 116. The number of nitrogens with zero attached hydrogens (tertiary/aromatic N) is 4. The van der Waals surface area contributed by atoms with E-state index in [0.29, 0.717) is 0 Å². The maximum atomic E-state index is 2.39. The lowest BCUT2D eigenvalue weighted by Crippen LogP contribution is -2.11. The van der Waals surface area contributed by atoms with E-state index in [1.54, 1.807) is 0 Å². The van der Waals surface area contributed by atoms with Gasteiger partial charge in [-0.1, -0.05) is 170 Å². The summed E-state index contributed by atoms with van der Waals surface area (Å²) < 4.78 is 0. The van der Waals surface area contributed by atoms with Crippen molar-refractivity contribution in [3.63, 3.8) is 0 Å². The van der Waals surface area contributed by atoms with Gasteiger partial charge in [0.15, 0.2) is 0 Å². The number of benzene rings is 12. The number of rotatable bonds is 4. The third-order valence-electron chi connectivity index (χ3n) is 16.4. The van der Waals surface area contributed by atoms with Crippen LogP contribution in [-0.4, -0.2) is 0 Å². The van der Waals surface area contributed by atoms with E-state index in [1.807, 2.05) is 0 Å². The number of para-hydroxylation sites is 4. The molecule has 0 amide bonds. The Labute approximate surface area is 496 Å². The van der Waals surface area contributed by atoms with Gasteiger partial charge in [0, 0.05) is 68.2 Å². The van der Waals surface area contributed by atoms with Crippen LogP contribution in [0.25, 0.3) is 0 Å². The summed E-state index contributed by atoms with van der Waals surface area (Å²) in [4.78, 5) is 9.50. The van der Waals surface area contributed by atoms with Gasteiger partial charge in [-0.3, -0.25) is 0 Å².